The minimum absolute atomic E-state index is 0.0354. The van der Waals surface area contributed by atoms with E-state index in [-0.39, 0.29) is 11.9 Å². The van der Waals surface area contributed by atoms with Crippen molar-refractivity contribution in [1.29, 1.82) is 0 Å². The topological polar surface area (TPSA) is 90.1 Å². The molecule has 0 aliphatic carbocycles. The van der Waals surface area contributed by atoms with Crippen LogP contribution in [0.5, 0.6) is 0 Å². The summed E-state index contributed by atoms with van der Waals surface area (Å²) in [7, 11) is 1.30. The number of esters is 1. The van der Waals surface area contributed by atoms with E-state index in [1.165, 1.54) is 7.11 Å². The fourth-order valence-electron chi connectivity index (χ4n) is 1.87. The van der Waals surface area contributed by atoms with Crippen LogP contribution in [-0.4, -0.2) is 29.6 Å². The molecule has 0 saturated carbocycles. The minimum Gasteiger partial charge on any atom is -0.463 e. The predicted molar refractivity (Wildman–Crippen MR) is 80.0 cm³/mol. The molecule has 1 aromatic heterocycles. The van der Waals surface area contributed by atoms with Crippen molar-refractivity contribution in [2.75, 3.05) is 19.0 Å². The molecule has 1 atom stereocenters. The molecule has 0 saturated heterocycles. The smallest absolute Gasteiger partial charge is 0.376 e. The summed E-state index contributed by atoms with van der Waals surface area (Å²) in [6, 6.07) is 11.4. The molecule has 1 aromatic carbocycles. The van der Waals surface area contributed by atoms with E-state index in [9.17, 15) is 4.79 Å². The third kappa shape index (κ3) is 4.00. The quantitative estimate of drug-likeness (QED) is 0.813. The second-order valence-corrected chi connectivity index (χ2v) is 4.61. The number of rotatable bonds is 5. The van der Waals surface area contributed by atoms with E-state index >= 15 is 0 Å². The van der Waals surface area contributed by atoms with Crippen molar-refractivity contribution in [3.05, 3.63) is 53.5 Å². The van der Waals surface area contributed by atoms with Crippen molar-refractivity contribution in [1.82, 2.24) is 9.97 Å². The summed E-state index contributed by atoms with van der Waals surface area (Å²) in [6.45, 7) is 2.29. The van der Waals surface area contributed by atoms with E-state index in [1.807, 2.05) is 30.3 Å². The molecular weight excluding hydrogens is 268 g/mol. The average Bonchev–Trinajstić information content (AvgIpc) is 2.52. The van der Waals surface area contributed by atoms with E-state index in [0.717, 1.165) is 5.56 Å². The molecule has 3 N–H and O–H groups in total. The van der Waals surface area contributed by atoms with Crippen LogP contribution in [0.15, 0.2) is 36.4 Å². The van der Waals surface area contributed by atoms with E-state index in [1.54, 1.807) is 13.0 Å². The number of carbonyl (C=O) groups is 1. The Morgan fingerprint density at radius 1 is 1.33 bits per heavy atom. The van der Waals surface area contributed by atoms with Gasteiger partial charge in [0.1, 0.15) is 5.82 Å². The van der Waals surface area contributed by atoms with Gasteiger partial charge in [-0.3, -0.25) is 0 Å². The van der Waals surface area contributed by atoms with Gasteiger partial charge in [-0.05, 0) is 12.5 Å². The number of anilines is 1. The monoisotopic (exact) mass is 286 g/mol. The second kappa shape index (κ2) is 6.81. The zero-order valence-corrected chi connectivity index (χ0v) is 12.0. The van der Waals surface area contributed by atoms with Crippen LogP contribution in [-0.2, 0) is 4.74 Å². The molecule has 0 aliphatic heterocycles. The lowest BCUT2D eigenvalue weighted by Gasteiger charge is -2.14. The molecule has 0 spiro atoms. The first-order valence-corrected chi connectivity index (χ1v) is 6.58. The molecule has 0 fully saturated rings. The van der Waals surface area contributed by atoms with Gasteiger partial charge in [-0.2, -0.15) is 0 Å². The van der Waals surface area contributed by atoms with E-state index < -0.39 is 5.97 Å². The Morgan fingerprint density at radius 3 is 2.71 bits per heavy atom. The zero-order chi connectivity index (χ0) is 15.2. The first kappa shape index (κ1) is 14.9. The summed E-state index contributed by atoms with van der Waals surface area (Å²) in [5.41, 5.74) is 7.82. The normalized spacial score (nSPS) is 11.8. The van der Waals surface area contributed by atoms with Crippen LogP contribution < -0.4 is 11.1 Å². The number of benzene rings is 1. The number of aromatic nitrogens is 2. The molecule has 1 heterocycles. The van der Waals surface area contributed by atoms with Gasteiger partial charge in [0.15, 0.2) is 0 Å². The SMILES string of the molecule is COC(=O)c1nc(C)cc(NCC(N)c2ccccc2)n1. The summed E-state index contributed by atoms with van der Waals surface area (Å²) in [5.74, 6) is 0.0247. The molecular formula is C15H18N4O2. The molecule has 0 amide bonds. The van der Waals surface area contributed by atoms with E-state index in [2.05, 4.69) is 20.0 Å². The summed E-state index contributed by atoms with van der Waals surface area (Å²) < 4.78 is 4.62. The molecule has 6 nitrogen and oxygen atoms in total. The lowest BCUT2D eigenvalue weighted by atomic mass is 10.1. The third-order valence-corrected chi connectivity index (χ3v) is 2.95. The minimum atomic E-state index is -0.561. The number of nitrogens with one attached hydrogen (secondary N) is 1. The van der Waals surface area contributed by atoms with Crippen LogP contribution in [0, 0.1) is 6.92 Å². The van der Waals surface area contributed by atoms with Crippen LogP contribution in [0.3, 0.4) is 0 Å². The highest BCUT2D eigenvalue weighted by Crippen LogP contribution is 2.12. The molecule has 110 valence electrons. The largest absolute Gasteiger partial charge is 0.463 e. The Bertz CT molecular complexity index is 616. The van der Waals surface area contributed by atoms with Crippen molar-refractivity contribution in [2.24, 2.45) is 5.73 Å². The van der Waals surface area contributed by atoms with Gasteiger partial charge in [0, 0.05) is 24.3 Å². The van der Waals surface area contributed by atoms with Gasteiger partial charge >= 0.3 is 5.97 Å². The molecule has 21 heavy (non-hydrogen) atoms. The Hall–Kier alpha value is -2.47. The number of carbonyl (C=O) groups excluding carboxylic acids is 1. The van der Waals surface area contributed by atoms with Crippen LogP contribution in [0.4, 0.5) is 5.82 Å². The molecule has 0 radical (unpaired) electrons. The summed E-state index contributed by atoms with van der Waals surface area (Å²) in [5, 5.41) is 3.12. The van der Waals surface area contributed by atoms with Crippen molar-refractivity contribution in [3.63, 3.8) is 0 Å². The van der Waals surface area contributed by atoms with Crippen molar-refractivity contribution < 1.29 is 9.53 Å². The fourth-order valence-corrected chi connectivity index (χ4v) is 1.87. The Morgan fingerprint density at radius 2 is 2.05 bits per heavy atom. The highest BCUT2D eigenvalue weighted by molar-refractivity contribution is 5.85. The number of nitrogens with two attached hydrogens (primary N) is 1. The second-order valence-electron chi connectivity index (χ2n) is 4.61. The van der Waals surface area contributed by atoms with Crippen LogP contribution >= 0.6 is 0 Å². The summed E-state index contributed by atoms with van der Waals surface area (Å²) in [4.78, 5) is 19.6. The summed E-state index contributed by atoms with van der Waals surface area (Å²) >= 11 is 0. The van der Waals surface area contributed by atoms with Crippen molar-refractivity contribution >= 4 is 11.8 Å². The fraction of sp³-hybridized carbons (Fsp3) is 0.267. The molecule has 0 aliphatic rings. The molecule has 2 rings (SSSR count). The Labute approximate surface area is 123 Å². The zero-order valence-electron chi connectivity index (χ0n) is 12.0. The van der Waals surface area contributed by atoms with Crippen molar-refractivity contribution in [3.8, 4) is 0 Å². The first-order chi connectivity index (χ1) is 10.1. The third-order valence-electron chi connectivity index (χ3n) is 2.95. The number of hydrogen-bond acceptors (Lipinski definition) is 6. The van der Waals surface area contributed by atoms with Gasteiger partial charge in [0.2, 0.25) is 5.82 Å². The van der Waals surface area contributed by atoms with Crippen molar-refractivity contribution in [2.45, 2.75) is 13.0 Å². The number of methoxy groups -OCH3 is 1. The van der Waals surface area contributed by atoms with Gasteiger partial charge in [-0.15, -0.1) is 0 Å². The van der Waals surface area contributed by atoms with Gasteiger partial charge in [-0.25, -0.2) is 14.8 Å². The summed E-state index contributed by atoms with van der Waals surface area (Å²) in [6.07, 6.45) is 0. The highest BCUT2D eigenvalue weighted by atomic mass is 16.5. The van der Waals surface area contributed by atoms with Crippen LogP contribution in [0.25, 0.3) is 0 Å². The molecule has 1 unspecified atom stereocenters. The van der Waals surface area contributed by atoms with Crippen LogP contribution in [0.2, 0.25) is 0 Å². The maximum absolute atomic E-state index is 11.5. The Balaban J connectivity index is 2.06. The highest BCUT2D eigenvalue weighted by Gasteiger charge is 2.12. The number of aryl methyl sites for hydroxylation is 1. The van der Waals surface area contributed by atoms with Crippen LogP contribution in [0.1, 0.15) is 27.9 Å². The Kier molecular flexibility index (Phi) is 4.84. The lowest BCUT2D eigenvalue weighted by molar-refractivity contribution is 0.0586. The molecule has 6 heteroatoms. The predicted octanol–water partition coefficient (Wildman–Crippen LogP) is 1.68. The number of nitrogens with zero attached hydrogens (tertiary/aromatic N) is 2. The first-order valence-electron chi connectivity index (χ1n) is 6.58. The maximum atomic E-state index is 11.5. The van der Waals surface area contributed by atoms with Gasteiger partial charge in [0.05, 0.1) is 7.11 Å². The van der Waals surface area contributed by atoms with Gasteiger partial charge in [0.25, 0.3) is 0 Å². The lowest BCUT2D eigenvalue weighted by Crippen LogP contribution is -2.21. The average molecular weight is 286 g/mol. The van der Waals surface area contributed by atoms with E-state index in [4.69, 9.17) is 5.73 Å². The molecule has 2 aromatic rings. The molecule has 0 bridgehead atoms. The number of hydrogen-bond donors (Lipinski definition) is 2. The van der Waals surface area contributed by atoms with Gasteiger partial charge < -0.3 is 15.8 Å². The maximum Gasteiger partial charge on any atom is 0.376 e. The standard InChI is InChI=1S/C15H18N4O2/c1-10-8-13(19-14(18-10)15(20)21-2)17-9-12(16)11-6-4-3-5-7-11/h3-8,12H,9,16H2,1-2H3,(H,17,18,19). The van der Waals surface area contributed by atoms with Gasteiger partial charge in [-0.1, -0.05) is 30.3 Å². The van der Waals surface area contributed by atoms with E-state index in [0.29, 0.717) is 18.1 Å². The number of ether oxygens (including phenoxy) is 1.